The SMILES string of the molecule is COc1cc(OC)c(NC(=O)[C@@H]2[C@@H](C(=O)O)[C@H]3C=C[C@H]2O3)cc1Cl. The third-order valence-electron chi connectivity index (χ3n) is 4.22. The van der Waals surface area contributed by atoms with E-state index in [0.29, 0.717) is 22.2 Å². The van der Waals surface area contributed by atoms with Gasteiger partial charge in [-0.05, 0) is 6.07 Å². The van der Waals surface area contributed by atoms with Crippen molar-refractivity contribution in [1.29, 1.82) is 0 Å². The van der Waals surface area contributed by atoms with Crippen LogP contribution in [-0.2, 0) is 14.3 Å². The molecule has 128 valence electrons. The van der Waals surface area contributed by atoms with Crippen molar-refractivity contribution in [3.63, 3.8) is 0 Å². The fraction of sp³-hybridized carbons (Fsp3) is 0.375. The van der Waals surface area contributed by atoms with Crippen molar-refractivity contribution in [1.82, 2.24) is 0 Å². The van der Waals surface area contributed by atoms with Crippen LogP contribution >= 0.6 is 11.6 Å². The largest absolute Gasteiger partial charge is 0.495 e. The summed E-state index contributed by atoms with van der Waals surface area (Å²) >= 11 is 6.08. The van der Waals surface area contributed by atoms with Crippen molar-refractivity contribution in [3.05, 3.63) is 29.3 Å². The summed E-state index contributed by atoms with van der Waals surface area (Å²) in [6.45, 7) is 0. The number of rotatable bonds is 5. The van der Waals surface area contributed by atoms with E-state index in [-0.39, 0.29) is 0 Å². The Kier molecular flexibility index (Phi) is 4.38. The molecule has 1 amide bonds. The lowest BCUT2D eigenvalue weighted by Crippen LogP contribution is -2.39. The van der Waals surface area contributed by atoms with Gasteiger partial charge >= 0.3 is 5.97 Å². The Balaban J connectivity index is 1.86. The fourth-order valence-corrected chi connectivity index (χ4v) is 3.33. The molecule has 0 saturated carbocycles. The molecule has 1 aromatic rings. The van der Waals surface area contributed by atoms with E-state index < -0.39 is 35.9 Å². The number of hydrogen-bond donors (Lipinski definition) is 2. The molecule has 8 heteroatoms. The van der Waals surface area contributed by atoms with Crippen LogP contribution in [0.15, 0.2) is 24.3 Å². The van der Waals surface area contributed by atoms with Gasteiger partial charge in [-0.15, -0.1) is 0 Å². The van der Waals surface area contributed by atoms with Gasteiger partial charge in [-0.2, -0.15) is 0 Å². The lowest BCUT2D eigenvalue weighted by molar-refractivity contribution is -0.145. The first-order valence-electron chi connectivity index (χ1n) is 7.25. The number of methoxy groups -OCH3 is 2. The van der Waals surface area contributed by atoms with Crippen LogP contribution < -0.4 is 14.8 Å². The zero-order chi connectivity index (χ0) is 17.4. The number of amides is 1. The first-order chi connectivity index (χ1) is 11.5. The zero-order valence-corrected chi connectivity index (χ0v) is 13.7. The van der Waals surface area contributed by atoms with Crippen molar-refractivity contribution >= 4 is 29.2 Å². The minimum atomic E-state index is -1.06. The van der Waals surface area contributed by atoms with Crippen molar-refractivity contribution in [2.24, 2.45) is 11.8 Å². The monoisotopic (exact) mass is 353 g/mol. The van der Waals surface area contributed by atoms with Crippen molar-refractivity contribution in [3.8, 4) is 11.5 Å². The molecule has 2 N–H and O–H groups in total. The summed E-state index contributed by atoms with van der Waals surface area (Å²) < 4.78 is 15.8. The second-order valence-electron chi connectivity index (χ2n) is 5.52. The van der Waals surface area contributed by atoms with E-state index in [1.54, 1.807) is 18.2 Å². The third kappa shape index (κ3) is 2.70. The zero-order valence-electron chi connectivity index (χ0n) is 13.0. The summed E-state index contributed by atoms with van der Waals surface area (Å²) in [5, 5.41) is 12.4. The molecule has 1 fully saturated rings. The molecule has 0 radical (unpaired) electrons. The molecule has 0 aliphatic carbocycles. The van der Waals surface area contributed by atoms with Gasteiger partial charge < -0.3 is 24.6 Å². The molecule has 2 bridgehead atoms. The molecule has 2 aliphatic rings. The minimum Gasteiger partial charge on any atom is -0.495 e. The Hall–Kier alpha value is -2.25. The van der Waals surface area contributed by atoms with Crippen LogP contribution in [0.3, 0.4) is 0 Å². The summed E-state index contributed by atoms with van der Waals surface area (Å²) in [5.74, 6) is -2.49. The topological polar surface area (TPSA) is 94.1 Å². The van der Waals surface area contributed by atoms with E-state index in [2.05, 4.69) is 5.32 Å². The molecule has 1 saturated heterocycles. The molecule has 2 heterocycles. The van der Waals surface area contributed by atoms with E-state index in [1.807, 2.05) is 0 Å². The van der Waals surface area contributed by atoms with Gasteiger partial charge in [0.15, 0.2) is 0 Å². The van der Waals surface area contributed by atoms with E-state index in [1.165, 1.54) is 20.3 Å². The van der Waals surface area contributed by atoms with Crippen molar-refractivity contribution in [2.45, 2.75) is 12.2 Å². The number of hydrogen-bond acceptors (Lipinski definition) is 5. The van der Waals surface area contributed by atoms with Crippen LogP contribution in [0.25, 0.3) is 0 Å². The van der Waals surface area contributed by atoms with Crippen LogP contribution in [-0.4, -0.2) is 43.4 Å². The summed E-state index contributed by atoms with van der Waals surface area (Å²) in [7, 11) is 2.91. The summed E-state index contributed by atoms with van der Waals surface area (Å²) in [4.78, 5) is 24.1. The molecule has 0 spiro atoms. The van der Waals surface area contributed by atoms with Gasteiger partial charge in [0, 0.05) is 6.07 Å². The fourth-order valence-electron chi connectivity index (χ4n) is 3.09. The maximum atomic E-state index is 12.6. The minimum absolute atomic E-state index is 0.299. The second-order valence-corrected chi connectivity index (χ2v) is 5.92. The Labute approximate surface area is 143 Å². The van der Waals surface area contributed by atoms with Crippen LogP contribution in [0.5, 0.6) is 11.5 Å². The molecule has 2 aliphatic heterocycles. The highest BCUT2D eigenvalue weighted by Crippen LogP contribution is 2.41. The van der Waals surface area contributed by atoms with E-state index in [4.69, 9.17) is 25.8 Å². The molecule has 0 unspecified atom stereocenters. The first kappa shape index (κ1) is 16.6. The molecular weight excluding hydrogens is 338 g/mol. The van der Waals surface area contributed by atoms with Crippen LogP contribution in [0.2, 0.25) is 5.02 Å². The molecule has 3 rings (SSSR count). The number of aliphatic carboxylic acids is 1. The normalized spacial score (nSPS) is 27.1. The van der Waals surface area contributed by atoms with E-state index >= 15 is 0 Å². The summed E-state index contributed by atoms with van der Waals surface area (Å²) in [6, 6.07) is 3.04. The Morgan fingerprint density at radius 1 is 1.12 bits per heavy atom. The highest BCUT2D eigenvalue weighted by molar-refractivity contribution is 6.32. The number of nitrogens with one attached hydrogen (secondary N) is 1. The summed E-state index contributed by atoms with van der Waals surface area (Å²) in [6.07, 6.45) is 2.27. The lowest BCUT2D eigenvalue weighted by Gasteiger charge is -2.22. The Bertz CT molecular complexity index is 719. The Morgan fingerprint density at radius 2 is 1.75 bits per heavy atom. The highest BCUT2D eigenvalue weighted by Gasteiger charge is 2.53. The van der Waals surface area contributed by atoms with Crippen LogP contribution in [0, 0.1) is 11.8 Å². The number of anilines is 1. The maximum Gasteiger partial charge on any atom is 0.310 e. The number of carbonyl (C=O) groups excluding carboxylic acids is 1. The molecule has 4 atom stereocenters. The number of fused-ring (bicyclic) bond motifs is 2. The van der Waals surface area contributed by atoms with Gasteiger partial charge in [0.2, 0.25) is 5.91 Å². The predicted octanol–water partition coefficient (Wildman–Crippen LogP) is 1.95. The molecule has 1 aromatic carbocycles. The number of carboxylic acids is 1. The molecule has 0 aromatic heterocycles. The number of benzene rings is 1. The average Bonchev–Trinajstić information content (AvgIpc) is 3.16. The number of carboxylic acid groups (broad SMARTS) is 1. The average molecular weight is 354 g/mol. The van der Waals surface area contributed by atoms with Gasteiger partial charge in [0.05, 0.1) is 43.1 Å². The van der Waals surface area contributed by atoms with Gasteiger partial charge in [-0.25, -0.2) is 0 Å². The van der Waals surface area contributed by atoms with Crippen LogP contribution in [0.1, 0.15) is 0 Å². The molecule has 7 nitrogen and oxygen atoms in total. The standard InChI is InChI=1S/C16H16ClNO6/c1-22-11-6-12(23-2)8(5-7(11)17)18-15(19)13-9-3-4-10(24-9)14(13)16(20)21/h3-6,9-10,13-14H,1-2H3,(H,18,19)(H,20,21)/t9-,10-,13+,14+/m1/s1. The first-order valence-corrected chi connectivity index (χ1v) is 7.63. The quantitative estimate of drug-likeness (QED) is 0.786. The van der Waals surface area contributed by atoms with E-state index in [0.717, 1.165) is 0 Å². The lowest BCUT2D eigenvalue weighted by atomic mass is 9.82. The number of carbonyl (C=O) groups is 2. The molecule has 24 heavy (non-hydrogen) atoms. The van der Waals surface area contributed by atoms with Gasteiger partial charge in [0.1, 0.15) is 17.4 Å². The maximum absolute atomic E-state index is 12.6. The van der Waals surface area contributed by atoms with Gasteiger partial charge in [-0.1, -0.05) is 23.8 Å². The second kappa shape index (κ2) is 6.33. The summed E-state index contributed by atoms with van der Waals surface area (Å²) in [5.41, 5.74) is 0.337. The predicted molar refractivity (Wildman–Crippen MR) is 85.6 cm³/mol. The van der Waals surface area contributed by atoms with E-state index in [9.17, 15) is 14.7 Å². The van der Waals surface area contributed by atoms with Gasteiger partial charge in [-0.3, -0.25) is 9.59 Å². The van der Waals surface area contributed by atoms with Gasteiger partial charge in [0.25, 0.3) is 0 Å². The van der Waals surface area contributed by atoms with Crippen molar-refractivity contribution < 1.29 is 28.9 Å². The number of halogens is 1. The van der Waals surface area contributed by atoms with Crippen LogP contribution in [0.4, 0.5) is 5.69 Å². The Morgan fingerprint density at radius 3 is 2.33 bits per heavy atom. The smallest absolute Gasteiger partial charge is 0.310 e. The highest BCUT2D eigenvalue weighted by atomic mass is 35.5. The third-order valence-corrected chi connectivity index (χ3v) is 4.51. The molecular formula is C16H16ClNO6. The number of ether oxygens (including phenoxy) is 3. The van der Waals surface area contributed by atoms with Crippen molar-refractivity contribution in [2.75, 3.05) is 19.5 Å².